The molecule has 0 saturated carbocycles. The van der Waals surface area contributed by atoms with Crippen LogP contribution in [0.4, 0.5) is 0 Å². The Kier molecular flexibility index (Phi) is 3.91. The lowest BCUT2D eigenvalue weighted by atomic mass is 9.95. The Morgan fingerprint density at radius 2 is 1.71 bits per heavy atom. The minimum atomic E-state index is 0.106. The molecule has 0 spiro atoms. The van der Waals surface area contributed by atoms with Crippen molar-refractivity contribution in [2.75, 3.05) is 0 Å². The van der Waals surface area contributed by atoms with Crippen LogP contribution in [-0.2, 0) is 11.2 Å². The quantitative estimate of drug-likeness (QED) is 0.787. The molecule has 102 valence electrons. The summed E-state index contributed by atoms with van der Waals surface area (Å²) in [6, 6.07) is 15.2. The van der Waals surface area contributed by atoms with Crippen molar-refractivity contribution in [2.45, 2.75) is 19.3 Å². The highest BCUT2D eigenvalue weighted by Crippen LogP contribution is 2.26. The normalized spacial score (nSPS) is 14.7. The van der Waals surface area contributed by atoms with Gasteiger partial charge in [-0.25, -0.2) is 0 Å². The van der Waals surface area contributed by atoms with Crippen LogP contribution in [0.3, 0.4) is 0 Å². The van der Waals surface area contributed by atoms with Gasteiger partial charge in [0.25, 0.3) is 0 Å². The summed E-state index contributed by atoms with van der Waals surface area (Å²) in [5, 5.41) is 0. The second-order valence-electron chi connectivity index (χ2n) is 5.16. The van der Waals surface area contributed by atoms with Crippen molar-refractivity contribution in [3.63, 3.8) is 0 Å². The largest absolute Gasteiger partial charge is 0.457 e. The summed E-state index contributed by atoms with van der Waals surface area (Å²) in [5.74, 6) is 1.40. The van der Waals surface area contributed by atoms with E-state index in [2.05, 4.69) is 6.07 Å². The molecule has 0 unspecified atom stereocenters. The third-order valence-corrected chi connectivity index (χ3v) is 3.55. The van der Waals surface area contributed by atoms with Crippen molar-refractivity contribution in [3.8, 4) is 5.75 Å². The van der Waals surface area contributed by atoms with Gasteiger partial charge < -0.3 is 4.74 Å². The molecule has 0 fully saturated rings. The van der Waals surface area contributed by atoms with Gasteiger partial charge in [-0.15, -0.1) is 0 Å². The van der Waals surface area contributed by atoms with Crippen LogP contribution in [0.25, 0.3) is 5.76 Å². The number of ether oxygens (including phenoxy) is 1. The lowest BCUT2D eigenvalue weighted by molar-refractivity contribution is -0.114. The number of aryl methyl sites for hydroxylation is 1. The van der Waals surface area contributed by atoms with Crippen LogP contribution in [0.5, 0.6) is 5.75 Å². The van der Waals surface area contributed by atoms with Gasteiger partial charge in [0, 0.05) is 18.1 Å². The zero-order valence-corrected chi connectivity index (χ0v) is 11.7. The van der Waals surface area contributed by atoms with Crippen LogP contribution in [-0.4, -0.2) is 13.6 Å². The van der Waals surface area contributed by atoms with E-state index in [1.165, 1.54) is 5.56 Å². The molecule has 3 rings (SSSR count). The average Bonchev–Trinajstić information content (AvgIpc) is 2.48. The number of ketones is 1. The number of rotatable bonds is 2. The van der Waals surface area contributed by atoms with E-state index >= 15 is 0 Å². The van der Waals surface area contributed by atoms with Crippen LogP contribution >= 0.6 is 0 Å². The minimum Gasteiger partial charge on any atom is -0.457 e. The van der Waals surface area contributed by atoms with Gasteiger partial charge in [0.15, 0.2) is 5.78 Å². The van der Waals surface area contributed by atoms with Gasteiger partial charge in [-0.05, 0) is 30.5 Å². The molecule has 2 nitrogen and oxygen atoms in total. The highest BCUT2D eigenvalue weighted by atomic mass is 16.5. The second-order valence-corrected chi connectivity index (χ2v) is 5.16. The molecule has 0 N–H and O–H groups in total. The predicted molar refractivity (Wildman–Crippen MR) is 84.8 cm³/mol. The van der Waals surface area contributed by atoms with Gasteiger partial charge in [-0.1, -0.05) is 41.9 Å². The van der Waals surface area contributed by atoms with E-state index in [-0.39, 0.29) is 5.78 Å². The summed E-state index contributed by atoms with van der Waals surface area (Å²) in [6.07, 6.45) is 3.93. The zero-order valence-electron chi connectivity index (χ0n) is 11.7. The molecule has 0 heterocycles. The molecule has 3 heteroatoms. The fourth-order valence-electron chi connectivity index (χ4n) is 2.48. The Hall–Kier alpha value is -2.29. The maximum absolute atomic E-state index is 11.9. The first-order chi connectivity index (χ1) is 10.2. The summed E-state index contributed by atoms with van der Waals surface area (Å²) in [5.41, 5.74) is 2.89. The number of fused-ring (bicyclic) bond motifs is 1. The standard InChI is InChI=1S/C18H15BO2/c19-14-8-10-16(11-9-14)21-18-12-15(20)6-3-5-13-4-1-2-7-17(13)18/h1-2,4,7-12H,3,5-6H2. The number of hydrogen-bond donors (Lipinski definition) is 0. The molecule has 0 saturated heterocycles. The van der Waals surface area contributed by atoms with Gasteiger partial charge in [-0.2, -0.15) is 0 Å². The lowest BCUT2D eigenvalue weighted by Crippen LogP contribution is -2.08. The molecule has 2 aromatic rings. The monoisotopic (exact) mass is 274 g/mol. The van der Waals surface area contributed by atoms with Crippen LogP contribution < -0.4 is 10.2 Å². The Labute approximate surface area is 125 Å². The molecule has 0 aliphatic heterocycles. The Balaban J connectivity index is 1.99. The smallest absolute Gasteiger partial charge is 0.159 e. The van der Waals surface area contributed by atoms with E-state index < -0.39 is 0 Å². The van der Waals surface area contributed by atoms with E-state index in [4.69, 9.17) is 12.6 Å². The molecule has 0 bridgehead atoms. The van der Waals surface area contributed by atoms with E-state index in [1.807, 2.05) is 30.3 Å². The highest BCUT2D eigenvalue weighted by molar-refractivity contribution is 6.32. The van der Waals surface area contributed by atoms with Crippen molar-refractivity contribution < 1.29 is 9.53 Å². The molecule has 21 heavy (non-hydrogen) atoms. The molecular weight excluding hydrogens is 259 g/mol. The molecule has 0 aromatic heterocycles. The molecule has 2 aromatic carbocycles. The molecule has 2 radical (unpaired) electrons. The van der Waals surface area contributed by atoms with Gasteiger partial charge in [0.1, 0.15) is 19.4 Å². The first-order valence-corrected chi connectivity index (χ1v) is 7.08. The lowest BCUT2D eigenvalue weighted by Gasteiger charge is -2.16. The second kappa shape index (κ2) is 6.00. The first kappa shape index (κ1) is 13.7. The van der Waals surface area contributed by atoms with Gasteiger partial charge in [0.2, 0.25) is 0 Å². The number of hydrogen-bond acceptors (Lipinski definition) is 2. The van der Waals surface area contributed by atoms with Crippen molar-refractivity contribution >= 4 is 24.9 Å². The van der Waals surface area contributed by atoms with Gasteiger partial charge in [0.05, 0.1) is 0 Å². The van der Waals surface area contributed by atoms with E-state index in [0.29, 0.717) is 23.4 Å². The van der Waals surface area contributed by atoms with E-state index in [9.17, 15) is 4.79 Å². The SMILES string of the molecule is [B]c1ccc(OC2=CC(=O)CCCc3ccccc32)cc1. The Bertz CT molecular complexity index is 687. The fourth-order valence-corrected chi connectivity index (χ4v) is 2.48. The first-order valence-electron chi connectivity index (χ1n) is 7.08. The van der Waals surface area contributed by atoms with E-state index in [1.54, 1.807) is 18.2 Å². The molecule has 0 atom stereocenters. The zero-order chi connectivity index (χ0) is 14.7. The summed E-state index contributed by atoms with van der Waals surface area (Å²) in [7, 11) is 5.68. The van der Waals surface area contributed by atoms with E-state index in [0.717, 1.165) is 18.4 Å². The minimum absolute atomic E-state index is 0.106. The highest BCUT2D eigenvalue weighted by Gasteiger charge is 2.15. The van der Waals surface area contributed by atoms with Crippen LogP contribution in [0.15, 0.2) is 54.6 Å². The third kappa shape index (κ3) is 3.25. The van der Waals surface area contributed by atoms with Crippen molar-refractivity contribution in [2.24, 2.45) is 0 Å². The summed E-state index contributed by atoms with van der Waals surface area (Å²) in [6.45, 7) is 0. The van der Waals surface area contributed by atoms with Crippen LogP contribution in [0.2, 0.25) is 0 Å². The summed E-state index contributed by atoms with van der Waals surface area (Å²) in [4.78, 5) is 11.9. The molecule has 0 amide bonds. The summed E-state index contributed by atoms with van der Waals surface area (Å²) >= 11 is 0. The van der Waals surface area contributed by atoms with Gasteiger partial charge in [-0.3, -0.25) is 4.79 Å². The molecule has 1 aliphatic rings. The van der Waals surface area contributed by atoms with Crippen molar-refractivity contribution in [3.05, 3.63) is 65.7 Å². The third-order valence-electron chi connectivity index (χ3n) is 3.55. The van der Waals surface area contributed by atoms with Crippen molar-refractivity contribution in [1.82, 2.24) is 0 Å². The summed E-state index contributed by atoms with van der Waals surface area (Å²) < 4.78 is 5.93. The number of carbonyl (C=O) groups is 1. The van der Waals surface area contributed by atoms with Gasteiger partial charge >= 0.3 is 0 Å². The Morgan fingerprint density at radius 1 is 0.952 bits per heavy atom. The number of carbonyl (C=O) groups excluding carboxylic acids is 1. The van der Waals surface area contributed by atoms with Crippen LogP contribution in [0.1, 0.15) is 24.0 Å². The Morgan fingerprint density at radius 3 is 2.52 bits per heavy atom. The maximum Gasteiger partial charge on any atom is 0.159 e. The average molecular weight is 274 g/mol. The van der Waals surface area contributed by atoms with Crippen LogP contribution in [0, 0.1) is 0 Å². The fraction of sp³-hybridized carbons (Fsp3) is 0.167. The van der Waals surface area contributed by atoms with Crippen molar-refractivity contribution in [1.29, 1.82) is 0 Å². The molecule has 1 aliphatic carbocycles. The number of allylic oxidation sites excluding steroid dienone is 1. The maximum atomic E-state index is 11.9. The molecular formula is C18H15BO2. The number of benzene rings is 2. The topological polar surface area (TPSA) is 26.3 Å². The predicted octanol–water partition coefficient (Wildman–Crippen LogP) is 2.81.